The number of aryl methyl sites for hydroxylation is 1. The Bertz CT molecular complexity index is 907. The summed E-state index contributed by atoms with van der Waals surface area (Å²) < 4.78 is 20.9. The van der Waals surface area contributed by atoms with Crippen molar-refractivity contribution < 1.29 is 24.1 Å². The zero-order chi connectivity index (χ0) is 16.6. The predicted molar refractivity (Wildman–Crippen MR) is 78.1 cm³/mol. The molecule has 0 aliphatic heterocycles. The number of carbonyl (C=O) groups is 1. The van der Waals surface area contributed by atoms with E-state index in [2.05, 4.69) is 9.97 Å². The second-order valence-electron chi connectivity index (χ2n) is 4.82. The first-order valence-corrected chi connectivity index (χ1v) is 6.64. The molecule has 0 bridgehead atoms. The van der Waals surface area contributed by atoms with Crippen LogP contribution < -0.4 is 4.74 Å². The third kappa shape index (κ3) is 2.59. The molecule has 0 fully saturated rings. The smallest absolute Gasteiger partial charge is 0.416 e. The SMILES string of the molecule is Cc1cc2c(F)c(Oc3cc(CO)ncn3)ccc2n1C(=O)O. The first-order valence-electron chi connectivity index (χ1n) is 6.64. The van der Waals surface area contributed by atoms with E-state index < -0.39 is 11.9 Å². The van der Waals surface area contributed by atoms with Crippen LogP contribution in [0.25, 0.3) is 10.9 Å². The van der Waals surface area contributed by atoms with Crippen LogP contribution in [0.15, 0.2) is 30.6 Å². The first-order chi connectivity index (χ1) is 11.0. The van der Waals surface area contributed by atoms with E-state index in [-0.39, 0.29) is 29.1 Å². The Kier molecular flexibility index (Phi) is 3.67. The van der Waals surface area contributed by atoms with Gasteiger partial charge in [0.05, 0.1) is 17.8 Å². The van der Waals surface area contributed by atoms with Crippen molar-refractivity contribution in [1.29, 1.82) is 0 Å². The number of carboxylic acid groups (broad SMARTS) is 1. The molecule has 0 atom stereocenters. The summed E-state index contributed by atoms with van der Waals surface area (Å²) in [5.74, 6) is -0.700. The molecule has 118 valence electrons. The van der Waals surface area contributed by atoms with Crippen LogP contribution in [0.5, 0.6) is 11.6 Å². The lowest BCUT2D eigenvalue weighted by atomic mass is 10.2. The zero-order valence-electron chi connectivity index (χ0n) is 12.0. The summed E-state index contributed by atoms with van der Waals surface area (Å²) in [5.41, 5.74) is 0.969. The molecule has 3 aromatic rings. The number of fused-ring (bicyclic) bond motifs is 1. The molecule has 23 heavy (non-hydrogen) atoms. The molecule has 1 aromatic carbocycles. The van der Waals surface area contributed by atoms with Gasteiger partial charge in [0, 0.05) is 17.1 Å². The highest BCUT2D eigenvalue weighted by molar-refractivity contribution is 5.91. The topological polar surface area (TPSA) is 97.5 Å². The minimum atomic E-state index is -1.19. The number of aliphatic hydroxyl groups excluding tert-OH is 1. The molecule has 0 saturated carbocycles. The van der Waals surface area contributed by atoms with E-state index >= 15 is 0 Å². The van der Waals surface area contributed by atoms with Gasteiger partial charge >= 0.3 is 6.09 Å². The zero-order valence-corrected chi connectivity index (χ0v) is 12.0. The molecule has 2 aromatic heterocycles. The lowest BCUT2D eigenvalue weighted by molar-refractivity contribution is 0.197. The fourth-order valence-corrected chi connectivity index (χ4v) is 2.32. The molecule has 0 spiro atoms. The van der Waals surface area contributed by atoms with Crippen LogP contribution in [0.1, 0.15) is 11.4 Å². The number of nitrogens with zero attached hydrogens (tertiary/aromatic N) is 3. The summed E-state index contributed by atoms with van der Waals surface area (Å²) in [4.78, 5) is 18.9. The van der Waals surface area contributed by atoms with E-state index in [9.17, 15) is 14.3 Å². The number of hydrogen-bond acceptors (Lipinski definition) is 5. The highest BCUT2D eigenvalue weighted by atomic mass is 19.1. The van der Waals surface area contributed by atoms with Crippen LogP contribution in [0, 0.1) is 12.7 Å². The van der Waals surface area contributed by atoms with Crippen molar-refractivity contribution in [1.82, 2.24) is 14.5 Å². The van der Waals surface area contributed by atoms with Crippen molar-refractivity contribution in [3.63, 3.8) is 0 Å². The van der Waals surface area contributed by atoms with Crippen molar-refractivity contribution in [3.05, 3.63) is 47.8 Å². The van der Waals surface area contributed by atoms with Crippen LogP contribution >= 0.6 is 0 Å². The number of aromatic nitrogens is 3. The van der Waals surface area contributed by atoms with Gasteiger partial charge in [-0.05, 0) is 25.1 Å². The fourth-order valence-electron chi connectivity index (χ4n) is 2.32. The number of aliphatic hydroxyl groups is 1. The van der Waals surface area contributed by atoms with Gasteiger partial charge in [0.2, 0.25) is 5.88 Å². The Labute approximate surface area is 129 Å². The molecule has 0 aliphatic rings. The molecule has 0 aliphatic carbocycles. The summed E-state index contributed by atoms with van der Waals surface area (Å²) in [5, 5.41) is 18.3. The van der Waals surface area contributed by atoms with Gasteiger partial charge in [-0.25, -0.2) is 23.7 Å². The fraction of sp³-hybridized carbons (Fsp3) is 0.133. The number of halogens is 1. The highest BCUT2D eigenvalue weighted by Crippen LogP contribution is 2.31. The minimum Gasteiger partial charge on any atom is -0.464 e. The maximum atomic E-state index is 14.6. The molecule has 2 heterocycles. The van der Waals surface area contributed by atoms with Gasteiger partial charge in [0.1, 0.15) is 6.33 Å². The molecular weight excluding hydrogens is 305 g/mol. The van der Waals surface area contributed by atoms with E-state index in [1.807, 2.05) is 0 Å². The van der Waals surface area contributed by atoms with Crippen LogP contribution in [0.4, 0.5) is 9.18 Å². The average molecular weight is 317 g/mol. The Hall–Kier alpha value is -3.00. The van der Waals surface area contributed by atoms with Gasteiger partial charge < -0.3 is 14.9 Å². The van der Waals surface area contributed by atoms with Crippen molar-refractivity contribution in [3.8, 4) is 11.6 Å². The Morgan fingerprint density at radius 1 is 1.35 bits per heavy atom. The minimum absolute atomic E-state index is 0.0803. The van der Waals surface area contributed by atoms with Gasteiger partial charge in [-0.15, -0.1) is 0 Å². The second kappa shape index (κ2) is 5.65. The van der Waals surface area contributed by atoms with Crippen molar-refractivity contribution in [2.24, 2.45) is 0 Å². The number of hydrogen-bond donors (Lipinski definition) is 2. The van der Waals surface area contributed by atoms with Crippen LogP contribution in [0.2, 0.25) is 0 Å². The van der Waals surface area contributed by atoms with Crippen molar-refractivity contribution >= 4 is 17.0 Å². The monoisotopic (exact) mass is 317 g/mol. The van der Waals surface area contributed by atoms with Crippen LogP contribution in [0.3, 0.4) is 0 Å². The second-order valence-corrected chi connectivity index (χ2v) is 4.82. The summed E-state index contributed by atoms with van der Waals surface area (Å²) in [7, 11) is 0. The van der Waals surface area contributed by atoms with Crippen LogP contribution in [-0.4, -0.2) is 30.8 Å². The van der Waals surface area contributed by atoms with Gasteiger partial charge in [-0.3, -0.25) is 0 Å². The molecule has 0 unspecified atom stereocenters. The third-order valence-electron chi connectivity index (χ3n) is 3.33. The molecular formula is C15H12FN3O4. The number of ether oxygens (including phenoxy) is 1. The lowest BCUT2D eigenvalue weighted by Gasteiger charge is -2.07. The normalized spacial score (nSPS) is 10.9. The summed E-state index contributed by atoms with van der Waals surface area (Å²) in [6.45, 7) is 1.28. The Morgan fingerprint density at radius 3 is 2.83 bits per heavy atom. The maximum absolute atomic E-state index is 14.6. The van der Waals surface area contributed by atoms with Gasteiger partial charge in [0.25, 0.3) is 0 Å². The average Bonchev–Trinajstić information content (AvgIpc) is 2.87. The number of benzene rings is 1. The van der Waals surface area contributed by atoms with Gasteiger partial charge in [-0.2, -0.15) is 0 Å². The molecule has 0 saturated heterocycles. The highest BCUT2D eigenvalue weighted by Gasteiger charge is 2.17. The third-order valence-corrected chi connectivity index (χ3v) is 3.33. The summed E-state index contributed by atoms with van der Waals surface area (Å²) in [6, 6.07) is 5.61. The molecule has 8 heteroatoms. The molecule has 7 nitrogen and oxygen atoms in total. The Morgan fingerprint density at radius 2 is 2.13 bits per heavy atom. The van der Waals surface area contributed by atoms with E-state index in [0.29, 0.717) is 11.4 Å². The van der Waals surface area contributed by atoms with Gasteiger partial charge in [0.15, 0.2) is 11.6 Å². The van der Waals surface area contributed by atoms with Gasteiger partial charge in [-0.1, -0.05) is 0 Å². The van der Waals surface area contributed by atoms with E-state index in [1.165, 1.54) is 30.6 Å². The van der Waals surface area contributed by atoms with E-state index in [1.54, 1.807) is 6.92 Å². The molecule has 0 radical (unpaired) electrons. The summed E-state index contributed by atoms with van der Waals surface area (Å²) >= 11 is 0. The molecule has 0 amide bonds. The Balaban J connectivity index is 2.05. The molecule has 2 N–H and O–H groups in total. The first kappa shape index (κ1) is 14.9. The lowest BCUT2D eigenvalue weighted by Crippen LogP contribution is -2.08. The van der Waals surface area contributed by atoms with E-state index in [4.69, 9.17) is 9.84 Å². The summed E-state index contributed by atoms with van der Waals surface area (Å²) in [6.07, 6.45) is 0.0106. The maximum Gasteiger partial charge on any atom is 0.416 e. The number of rotatable bonds is 3. The standard InChI is InChI=1S/C15H12FN3O4/c1-8-4-10-11(19(8)15(21)22)2-3-12(14(10)16)23-13-5-9(6-20)17-7-18-13/h2-5,7,20H,6H2,1H3,(H,21,22). The van der Waals surface area contributed by atoms with Crippen LogP contribution in [-0.2, 0) is 6.61 Å². The largest absolute Gasteiger partial charge is 0.464 e. The molecule has 3 rings (SSSR count). The quantitative estimate of drug-likeness (QED) is 0.771. The van der Waals surface area contributed by atoms with E-state index in [0.717, 1.165) is 4.57 Å². The van der Waals surface area contributed by atoms with Crippen molar-refractivity contribution in [2.75, 3.05) is 0 Å². The predicted octanol–water partition coefficient (Wildman–Crippen LogP) is 2.69. The van der Waals surface area contributed by atoms with Crippen molar-refractivity contribution in [2.45, 2.75) is 13.5 Å².